The topological polar surface area (TPSA) is 87.7 Å². The molecule has 2 aliphatic rings. The number of rotatable bonds is 2. The number of ether oxygens (including phenoxy) is 2. The van der Waals surface area contributed by atoms with E-state index in [0.29, 0.717) is 44.7 Å². The van der Waals surface area contributed by atoms with Gasteiger partial charge in [0.25, 0.3) is 0 Å². The summed E-state index contributed by atoms with van der Waals surface area (Å²) in [5.74, 6) is -0.165. The molecule has 0 bridgehead atoms. The van der Waals surface area contributed by atoms with Crippen LogP contribution in [0.5, 0.6) is 0 Å². The van der Waals surface area contributed by atoms with Crippen molar-refractivity contribution < 1.29 is 14.3 Å². The van der Waals surface area contributed by atoms with Gasteiger partial charge in [0.05, 0.1) is 17.7 Å². The third-order valence-electron chi connectivity index (χ3n) is 5.39. The lowest BCUT2D eigenvalue weighted by Crippen LogP contribution is -2.34. The molecule has 2 aliphatic heterocycles. The molecular weight excluding hydrogens is 336 g/mol. The van der Waals surface area contributed by atoms with Crippen molar-refractivity contribution in [3.8, 4) is 0 Å². The second-order valence-electron chi connectivity index (χ2n) is 8.35. The SMILES string of the molecule is CC(C)(C)c1cc2ncn(CC3CC4(CCOCC4)C(=O)O3)c(=O)n2n1. The van der Waals surface area contributed by atoms with E-state index in [1.165, 1.54) is 15.4 Å². The average Bonchev–Trinajstić information content (AvgIpc) is 3.14. The molecule has 4 rings (SSSR count). The summed E-state index contributed by atoms with van der Waals surface area (Å²) in [5.41, 5.74) is 0.458. The number of hydrogen-bond donors (Lipinski definition) is 0. The third-order valence-corrected chi connectivity index (χ3v) is 5.39. The first-order valence-electron chi connectivity index (χ1n) is 9.03. The maximum Gasteiger partial charge on any atom is 0.351 e. The summed E-state index contributed by atoms with van der Waals surface area (Å²) < 4.78 is 13.7. The van der Waals surface area contributed by atoms with Crippen molar-refractivity contribution >= 4 is 11.6 Å². The Morgan fingerprint density at radius 3 is 2.69 bits per heavy atom. The van der Waals surface area contributed by atoms with Crippen molar-refractivity contribution in [2.24, 2.45) is 5.41 Å². The Labute approximate surface area is 151 Å². The van der Waals surface area contributed by atoms with E-state index in [0.717, 1.165) is 5.69 Å². The molecule has 0 aliphatic carbocycles. The molecule has 0 amide bonds. The van der Waals surface area contributed by atoms with Gasteiger partial charge in [-0.1, -0.05) is 20.8 Å². The largest absolute Gasteiger partial charge is 0.460 e. The monoisotopic (exact) mass is 360 g/mol. The summed E-state index contributed by atoms with van der Waals surface area (Å²) in [6, 6.07) is 1.83. The van der Waals surface area contributed by atoms with Crippen LogP contribution < -0.4 is 5.69 Å². The molecule has 1 unspecified atom stereocenters. The molecule has 0 aromatic carbocycles. The van der Waals surface area contributed by atoms with Crippen LogP contribution in [0.15, 0.2) is 17.2 Å². The average molecular weight is 360 g/mol. The fraction of sp³-hybridized carbons (Fsp3) is 0.667. The number of cyclic esters (lactones) is 1. The number of carbonyl (C=O) groups is 1. The highest BCUT2D eigenvalue weighted by Gasteiger charge is 2.49. The molecule has 2 fully saturated rings. The fourth-order valence-electron chi connectivity index (χ4n) is 3.72. The maximum absolute atomic E-state index is 12.8. The first kappa shape index (κ1) is 17.2. The Balaban J connectivity index is 1.59. The van der Waals surface area contributed by atoms with Crippen LogP contribution in [0.2, 0.25) is 0 Å². The number of carbonyl (C=O) groups excluding carboxylic acids is 1. The van der Waals surface area contributed by atoms with Crippen molar-refractivity contribution in [3.05, 3.63) is 28.6 Å². The Hall–Kier alpha value is -2.22. The van der Waals surface area contributed by atoms with Crippen LogP contribution in [0.25, 0.3) is 5.65 Å². The van der Waals surface area contributed by atoms with E-state index in [-0.39, 0.29) is 23.2 Å². The van der Waals surface area contributed by atoms with Gasteiger partial charge in [0.1, 0.15) is 12.4 Å². The highest BCUT2D eigenvalue weighted by atomic mass is 16.6. The first-order chi connectivity index (χ1) is 12.3. The van der Waals surface area contributed by atoms with Gasteiger partial charge in [0.2, 0.25) is 0 Å². The minimum absolute atomic E-state index is 0.165. The Bertz CT molecular complexity index is 902. The summed E-state index contributed by atoms with van der Waals surface area (Å²) in [6.07, 6.45) is 3.17. The van der Waals surface area contributed by atoms with Crippen LogP contribution in [0.4, 0.5) is 0 Å². The van der Waals surface area contributed by atoms with Crippen LogP contribution in [-0.4, -0.2) is 44.5 Å². The Morgan fingerprint density at radius 1 is 1.27 bits per heavy atom. The lowest BCUT2D eigenvalue weighted by atomic mass is 9.78. The highest BCUT2D eigenvalue weighted by molar-refractivity contribution is 5.79. The molecule has 2 aromatic rings. The van der Waals surface area contributed by atoms with Crippen LogP contribution in [0.3, 0.4) is 0 Å². The zero-order chi connectivity index (χ0) is 18.5. The van der Waals surface area contributed by atoms with E-state index in [1.807, 2.05) is 26.8 Å². The molecule has 8 heteroatoms. The van der Waals surface area contributed by atoms with Gasteiger partial charge in [0, 0.05) is 31.1 Å². The lowest BCUT2D eigenvalue weighted by Gasteiger charge is -2.28. The standard InChI is InChI=1S/C18H24N4O4/c1-17(2,3)13-8-14-19-11-21(16(24)22(14)20-13)10-12-9-18(15(23)26-12)4-6-25-7-5-18/h8,11-12H,4-7,9-10H2,1-3H3. The van der Waals surface area contributed by atoms with Crippen LogP contribution >= 0.6 is 0 Å². The molecule has 0 saturated carbocycles. The molecule has 0 radical (unpaired) electrons. The van der Waals surface area contributed by atoms with Crippen molar-refractivity contribution in [2.75, 3.05) is 13.2 Å². The molecule has 140 valence electrons. The number of fused-ring (bicyclic) bond motifs is 1. The van der Waals surface area contributed by atoms with Gasteiger partial charge >= 0.3 is 11.7 Å². The second kappa shape index (κ2) is 5.90. The van der Waals surface area contributed by atoms with Gasteiger partial charge in [-0.3, -0.25) is 9.36 Å². The zero-order valence-corrected chi connectivity index (χ0v) is 15.4. The lowest BCUT2D eigenvalue weighted by molar-refractivity contribution is -0.152. The van der Waals surface area contributed by atoms with Crippen molar-refractivity contribution in [1.29, 1.82) is 0 Å². The van der Waals surface area contributed by atoms with Crippen LogP contribution in [-0.2, 0) is 26.2 Å². The van der Waals surface area contributed by atoms with Gasteiger partial charge in [0.15, 0.2) is 5.65 Å². The molecule has 0 N–H and O–H groups in total. The quantitative estimate of drug-likeness (QED) is 0.750. The van der Waals surface area contributed by atoms with E-state index in [9.17, 15) is 9.59 Å². The van der Waals surface area contributed by atoms with E-state index >= 15 is 0 Å². The van der Waals surface area contributed by atoms with Crippen LogP contribution in [0.1, 0.15) is 45.7 Å². The predicted molar refractivity (Wildman–Crippen MR) is 92.9 cm³/mol. The van der Waals surface area contributed by atoms with E-state index in [2.05, 4.69) is 10.1 Å². The number of nitrogens with zero attached hydrogens (tertiary/aromatic N) is 4. The molecule has 2 saturated heterocycles. The molecular formula is C18H24N4O4. The molecule has 2 aromatic heterocycles. The van der Waals surface area contributed by atoms with Gasteiger partial charge in [-0.05, 0) is 12.8 Å². The smallest absolute Gasteiger partial charge is 0.351 e. The summed E-state index contributed by atoms with van der Waals surface area (Å²) in [7, 11) is 0. The molecule has 26 heavy (non-hydrogen) atoms. The van der Waals surface area contributed by atoms with Crippen LogP contribution in [0, 0.1) is 5.41 Å². The maximum atomic E-state index is 12.8. The number of hydrogen-bond acceptors (Lipinski definition) is 6. The third kappa shape index (κ3) is 2.82. The Kier molecular flexibility index (Phi) is 3.91. The minimum atomic E-state index is -0.449. The van der Waals surface area contributed by atoms with Crippen molar-refractivity contribution in [1.82, 2.24) is 19.2 Å². The molecule has 8 nitrogen and oxygen atoms in total. The summed E-state index contributed by atoms with van der Waals surface area (Å²) in [4.78, 5) is 29.5. The number of aromatic nitrogens is 4. The molecule has 1 atom stereocenters. The summed E-state index contributed by atoms with van der Waals surface area (Å²) in [6.45, 7) is 7.58. The van der Waals surface area contributed by atoms with Gasteiger partial charge in [-0.25, -0.2) is 9.78 Å². The minimum Gasteiger partial charge on any atom is -0.460 e. The fourth-order valence-corrected chi connectivity index (χ4v) is 3.72. The molecule has 4 heterocycles. The second-order valence-corrected chi connectivity index (χ2v) is 8.35. The summed E-state index contributed by atoms with van der Waals surface area (Å²) >= 11 is 0. The highest BCUT2D eigenvalue weighted by Crippen LogP contribution is 2.42. The van der Waals surface area contributed by atoms with E-state index < -0.39 is 5.41 Å². The number of esters is 1. The van der Waals surface area contributed by atoms with Gasteiger partial charge in [-0.2, -0.15) is 9.61 Å². The van der Waals surface area contributed by atoms with E-state index in [4.69, 9.17) is 9.47 Å². The molecule has 1 spiro atoms. The van der Waals surface area contributed by atoms with Crippen molar-refractivity contribution in [3.63, 3.8) is 0 Å². The van der Waals surface area contributed by atoms with Crippen molar-refractivity contribution in [2.45, 2.75) is 58.1 Å². The van der Waals surface area contributed by atoms with E-state index in [1.54, 1.807) is 0 Å². The zero-order valence-electron chi connectivity index (χ0n) is 15.4. The normalized spacial score (nSPS) is 22.9. The predicted octanol–water partition coefficient (Wildman–Crippen LogP) is 1.30. The Morgan fingerprint density at radius 2 is 2.00 bits per heavy atom. The summed E-state index contributed by atoms with van der Waals surface area (Å²) in [5, 5.41) is 4.41. The van der Waals surface area contributed by atoms with Gasteiger partial charge in [-0.15, -0.1) is 0 Å². The van der Waals surface area contributed by atoms with Gasteiger partial charge < -0.3 is 9.47 Å². The first-order valence-corrected chi connectivity index (χ1v) is 9.03.